The fourth-order valence-electron chi connectivity index (χ4n) is 5.96. The van der Waals surface area contributed by atoms with Gasteiger partial charge in [0.05, 0.1) is 19.9 Å². The molecule has 4 rings (SSSR count). The topological polar surface area (TPSA) is 143 Å². The van der Waals surface area contributed by atoms with Crippen molar-refractivity contribution < 1.29 is 28.7 Å². The molecule has 0 unspecified atom stereocenters. The number of amides is 2. The predicted octanol–water partition coefficient (Wildman–Crippen LogP) is 3.69. The summed E-state index contributed by atoms with van der Waals surface area (Å²) in [5.41, 5.74) is 9.94. The van der Waals surface area contributed by atoms with Crippen molar-refractivity contribution in [3.63, 3.8) is 0 Å². The van der Waals surface area contributed by atoms with Crippen LogP contribution >= 0.6 is 0 Å². The summed E-state index contributed by atoms with van der Waals surface area (Å²) in [5.74, 6) is -0.951. The number of nitrogens with zero attached hydrogens (tertiary/aromatic N) is 1. The van der Waals surface area contributed by atoms with Crippen LogP contribution in [0.15, 0.2) is 33.0 Å². The number of carbonyl (C=O) groups excluding carboxylic acids is 4. The number of esters is 2. The Morgan fingerprint density at radius 2 is 1.36 bits per heavy atom. The second kappa shape index (κ2) is 13.9. The molecule has 0 radical (unpaired) electrons. The van der Waals surface area contributed by atoms with Crippen molar-refractivity contribution in [2.75, 3.05) is 14.2 Å². The molecule has 2 aliphatic heterocycles. The average Bonchev–Trinajstić information content (AvgIpc) is 3.66. The molecule has 0 fully saturated rings. The van der Waals surface area contributed by atoms with Crippen LogP contribution in [0.2, 0.25) is 0 Å². The highest BCUT2D eigenvalue weighted by Gasteiger charge is 2.24. The highest BCUT2D eigenvalue weighted by Crippen LogP contribution is 2.28. The average molecular weight is 615 g/mol. The number of rotatable bonds is 11. The van der Waals surface area contributed by atoms with E-state index < -0.39 is 0 Å². The van der Waals surface area contributed by atoms with Crippen LogP contribution in [0.3, 0.4) is 0 Å². The Morgan fingerprint density at radius 1 is 0.733 bits per heavy atom. The number of carbonyl (C=O) groups is 4. The minimum absolute atomic E-state index is 0.106. The fraction of sp³-hybridized carbons (Fsp3) is 0.400. The van der Waals surface area contributed by atoms with Gasteiger partial charge in [-0.05, 0) is 105 Å². The Labute approximate surface area is 263 Å². The Bertz CT molecular complexity index is 1830. The van der Waals surface area contributed by atoms with Crippen LogP contribution in [0.4, 0.5) is 0 Å². The first kappa shape index (κ1) is 33.2. The lowest BCUT2D eigenvalue weighted by Gasteiger charge is -2.04. The Balaban J connectivity index is 1.91. The van der Waals surface area contributed by atoms with Gasteiger partial charge in [-0.15, -0.1) is 0 Å². The van der Waals surface area contributed by atoms with Crippen molar-refractivity contribution in [3.8, 4) is 0 Å². The number of methoxy groups -OCH3 is 2. The van der Waals surface area contributed by atoms with E-state index in [9.17, 15) is 19.2 Å². The monoisotopic (exact) mass is 614 g/mol. The number of aliphatic imine (C=N–C) groups is 1. The normalized spacial score (nSPS) is 16.8. The molecule has 0 saturated heterocycles. The van der Waals surface area contributed by atoms with Crippen LogP contribution in [0.1, 0.15) is 87.0 Å². The SMILES string of the molecule is CCC1=C(C)C(/C=c2/[nH]/c(=C\c3[nH]c(/C=C4\NC(=O)C(C)=C4CC)c(C)c3CCC(=O)OC)c(CCC(=O)OC)c2C)=NC1=O. The predicted molar refractivity (Wildman–Crippen MR) is 174 cm³/mol. The summed E-state index contributed by atoms with van der Waals surface area (Å²) in [7, 11) is 2.74. The molecule has 3 N–H and O–H groups in total. The number of ether oxygens (including phenoxy) is 2. The molecular weight excluding hydrogens is 572 g/mol. The van der Waals surface area contributed by atoms with Gasteiger partial charge in [0.1, 0.15) is 0 Å². The molecule has 238 valence electrons. The van der Waals surface area contributed by atoms with Crippen molar-refractivity contribution in [1.29, 1.82) is 0 Å². The van der Waals surface area contributed by atoms with E-state index >= 15 is 0 Å². The zero-order valence-corrected chi connectivity index (χ0v) is 27.4. The van der Waals surface area contributed by atoms with Gasteiger partial charge in [0, 0.05) is 51.8 Å². The summed E-state index contributed by atoms with van der Waals surface area (Å²) in [6.45, 7) is 11.6. The molecule has 45 heavy (non-hydrogen) atoms. The second-order valence-corrected chi connectivity index (χ2v) is 11.3. The highest BCUT2D eigenvalue weighted by molar-refractivity contribution is 6.30. The number of hydrogen-bond donors (Lipinski definition) is 3. The van der Waals surface area contributed by atoms with Crippen molar-refractivity contribution in [3.05, 3.63) is 72.3 Å². The Kier molecular flexibility index (Phi) is 10.3. The molecule has 10 heteroatoms. The van der Waals surface area contributed by atoms with Gasteiger partial charge in [-0.1, -0.05) is 13.8 Å². The van der Waals surface area contributed by atoms with E-state index in [2.05, 4.69) is 20.3 Å². The molecule has 0 spiro atoms. The maximum Gasteiger partial charge on any atom is 0.305 e. The minimum Gasteiger partial charge on any atom is -0.469 e. The van der Waals surface area contributed by atoms with E-state index in [0.717, 1.165) is 61.2 Å². The molecule has 2 aromatic heterocycles. The van der Waals surface area contributed by atoms with Gasteiger partial charge in [0.25, 0.3) is 11.8 Å². The number of allylic oxidation sites excluding steroid dienone is 2. The molecule has 0 aromatic carbocycles. The summed E-state index contributed by atoms with van der Waals surface area (Å²) in [5, 5.41) is 4.54. The van der Waals surface area contributed by atoms with Gasteiger partial charge in [0.2, 0.25) is 0 Å². The van der Waals surface area contributed by atoms with E-state index in [1.165, 1.54) is 14.2 Å². The lowest BCUT2D eigenvalue weighted by atomic mass is 10.0. The van der Waals surface area contributed by atoms with E-state index in [-0.39, 0.29) is 36.6 Å². The fourth-order valence-corrected chi connectivity index (χ4v) is 5.96. The molecule has 2 amide bonds. The highest BCUT2D eigenvalue weighted by atomic mass is 16.5. The van der Waals surface area contributed by atoms with Gasteiger partial charge in [0.15, 0.2) is 0 Å². The Morgan fingerprint density at radius 3 is 1.93 bits per heavy atom. The number of H-pyrrole nitrogens is 2. The van der Waals surface area contributed by atoms with E-state index in [4.69, 9.17) is 9.47 Å². The van der Waals surface area contributed by atoms with Gasteiger partial charge in [-0.25, -0.2) is 4.99 Å². The molecule has 0 saturated carbocycles. The summed E-state index contributed by atoms with van der Waals surface area (Å²) in [6.07, 6.45) is 8.36. The zero-order chi connectivity index (χ0) is 33.0. The van der Waals surface area contributed by atoms with Crippen LogP contribution in [0.5, 0.6) is 0 Å². The number of hydrogen-bond acceptors (Lipinski definition) is 6. The lowest BCUT2D eigenvalue weighted by Crippen LogP contribution is -2.15. The van der Waals surface area contributed by atoms with Crippen LogP contribution < -0.4 is 16.0 Å². The third-order valence-electron chi connectivity index (χ3n) is 8.76. The van der Waals surface area contributed by atoms with Gasteiger partial charge >= 0.3 is 11.9 Å². The quantitative estimate of drug-likeness (QED) is 0.330. The lowest BCUT2D eigenvalue weighted by molar-refractivity contribution is -0.141. The minimum atomic E-state index is -0.318. The summed E-state index contributed by atoms with van der Waals surface area (Å²) in [6, 6.07) is 0. The largest absolute Gasteiger partial charge is 0.469 e. The standard InChI is InChI=1S/C35H42N4O6/c1-9-22-21(6)34(42)39-29(22)16-27-20(5)25(12-14-33(41)45-8)31(37-27)17-30-24(11-13-32(40)44-7)19(4)26(36-30)15-28-18(3)23(10-2)35(43)38-28/h15-17,36-37H,9-14H2,1-8H3,(H,39,42)/b26-15+,29-16-,30-17-. The molecule has 0 atom stereocenters. The number of nitrogens with one attached hydrogen (secondary N) is 3. The van der Waals surface area contributed by atoms with Crippen LogP contribution in [-0.4, -0.2) is 53.7 Å². The number of aromatic nitrogens is 2. The maximum atomic E-state index is 12.4. The Hall–Kier alpha value is -4.73. The van der Waals surface area contributed by atoms with Crippen LogP contribution in [-0.2, 0) is 41.5 Å². The molecule has 2 aliphatic rings. The summed E-state index contributed by atoms with van der Waals surface area (Å²) in [4.78, 5) is 60.4. The van der Waals surface area contributed by atoms with Gasteiger partial charge in [-0.2, -0.15) is 0 Å². The molecule has 0 bridgehead atoms. The first-order valence-electron chi connectivity index (χ1n) is 15.3. The maximum absolute atomic E-state index is 12.4. The van der Waals surface area contributed by atoms with Crippen molar-refractivity contribution in [1.82, 2.24) is 15.3 Å². The third-order valence-corrected chi connectivity index (χ3v) is 8.76. The van der Waals surface area contributed by atoms with Gasteiger partial charge < -0.3 is 24.8 Å². The zero-order valence-electron chi connectivity index (χ0n) is 27.4. The summed E-state index contributed by atoms with van der Waals surface area (Å²) < 4.78 is 9.83. The van der Waals surface area contributed by atoms with Crippen molar-refractivity contribution >= 4 is 47.7 Å². The number of aromatic amines is 2. The first-order valence-corrected chi connectivity index (χ1v) is 15.3. The van der Waals surface area contributed by atoms with E-state index in [1.54, 1.807) is 0 Å². The van der Waals surface area contributed by atoms with Crippen LogP contribution in [0, 0.1) is 13.8 Å². The van der Waals surface area contributed by atoms with Crippen molar-refractivity contribution in [2.24, 2.45) is 4.99 Å². The molecule has 0 aliphatic carbocycles. The first-order chi connectivity index (χ1) is 21.4. The molecule has 10 nitrogen and oxygen atoms in total. The van der Waals surface area contributed by atoms with Gasteiger partial charge in [-0.3, -0.25) is 19.2 Å². The smallest absolute Gasteiger partial charge is 0.305 e. The summed E-state index contributed by atoms with van der Waals surface area (Å²) >= 11 is 0. The third kappa shape index (κ3) is 6.84. The second-order valence-electron chi connectivity index (χ2n) is 11.3. The van der Waals surface area contributed by atoms with Crippen molar-refractivity contribution in [2.45, 2.75) is 80.1 Å². The van der Waals surface area contributed by atoms with E-state index in [1.807, 2.05) is 59.8 Å². The van der Waals surface area contributed by atoms with Crippen LogP contribution in [0.25, 0.3) is 18.2 Å². The molecular formula is C35H42N4O6. The molecule has 2 aromatic rings. The van der Waals surface area contributed by atoms with E-state index in [0.29, 0.717) is 42.5 Å². The molecule has 4 heterocycles.